The van der Waals surface area contributed by atoms with Crippen LogP contribution in [-0.4, -0.2) is 72.7 Å². The van der Waals surface area contributed by atoms with E-state index in [0.717, 1.165) is 44.5 Å². The van der Waals surface area contributed by atoms with Crippen molar-refractivity contribution in [3.63, 3.8) is 0 Å². The fourth-order valence-corrected chi connectivity index (χ4v) is 3.96. The van der Waals surface area contributed by atoms with Gasteiger partial charge in [0.2, 0.25) is 5.91 Å². The molecule has 0 bridgehead atoms. The number of nitrogens with zero attached hydrogens (tertiary/aromatic N) is 3. The fraction of sp³-hybridized carbons (Fsp3) is 0.750. The average molecular weight is 411 g/mol. The Labute approximate surface area is 166 Å². The fourth-order valence-electron chi connectivity index (χ4n) is 3.36. The van der Waals surface area contributed by atoms with E-state index in [4.69, 9.17) is 4.74 Å². The van der Waals surface area contributed by atoms with Crippen molar-refractivity contribution in [1.82, 2.24) is 14.8 Å². The Bertz CT molecular complexity index is 512. The molecular weight excluding hydrogens is 383 g/mol. The minimum absolute atomic E-state index is 0. The lowest BCUT2D eigenvalue weighted by Gasteiger charge is -2.28. The standard InChI is InChI=1S/C16H26N4O2S.2ClH/c1-12(2)13-9-20(10-14(13)18-16-17-3-8-23-16)15(21)11-19-4-6-22-7-5-19;;/h3,8,12-14H,4-7,9-11H2,1-2H3,(H,17,18);2*1H/t13-,14+;;/m1../s1. The Morgan fingerprint density at radius 3 is 2.68 bits per heavy atom. The first-order valence-corrected chi connectivity index (χ1v) is 9.25. The summed E-state index contributed by atoms with van der Waals surface area (Å²) < 4.78 is 5.35. The van der Waals surface area contributed by atoms with Crippen LogP contribution in [-0.2, 0) is 9.53 Å². The van der Waals surface area contributed by atoms with Gasteiger partial charge in [0.05, 0.1) is 25.8 Å². The van der Waals surface area contributed by atoms with Crippen molar-refractivity contribution in [2.75, 3.05) is 51.3 Å². The van der Waals surface area contributed by atoms with Crippen LogP contribution in [0.3, 0.4) is 0 Å². The van der Waals surface area contributed by atoms with Crippen molar-refractivity contribution in [2.45, 2.75) is 19.9 Å². The quantitative estimate of drug-likeness (QED) is 0.805. The topological polar surface area (TPSA) is 57.7 Å². The minimum Gasteiger partial charge on any atom is -0.379 e. The van der Waals surface area contributed by atoms with Gasteiger partial charge in [-0.15, -0.1) is 36.2 Å². The molecular formula is C16H28Cl2N4O2S. The molecule has 144 valence electrons. The highest BCUT2D eigenvalue weighted by atomic mass is 35.5. The summed E-state index contributed by atoms with van der Waals surface area (Å²) >= 11 is 1.61. The van der Waals surface area contributed by atoms with Crippen LogP contribution in [0.4, 0.5) is 5.13 Å². The van der Waals surface area contributed by atoms with Crippen LogP contribution in [0.2, 0.25) is 0 Å². The van der Waals surface area contributed by atoms with Gasteiger partial charge in [0.1, 0.15) is 0 Å². The number of hydrogen-bond acceptors (Lipinski definition) is 6. The highest BCUT2D eigenvalue weighted by Crippen LogP contribution is 2.28. The molecule has 6 nitrogen and oxygen atoms in total. The molecule has 2 fully saturated rings. The number of hydrogen-bond donors (Lipinski definition) is 1. The molecule has 2 aliphatic rings. The van der Waals surface area contributed by atoms with Crippen LogP contribution < -0.4 is 5.32 Å². The van der Waals surface area contributed by atoms with E-state index >= 15 is 0 Å². The first kappa shape index (κ1) is 22.4. The van der Waals surface area contributed by atoms with Gasteiger partial charge in [-0.1, -0.05) is 13.8 Å². The number of rotatable bonds is 5. The zero-order chi connectivity index (χ0) is 16.2. The molecule has 1 N–H and O–H groups in total. The molecule has 25 heavy (non-hydrogen) atoms. The maximum atomic E-state index is 12.6. The number of morpholine rings is 1. The van der Waals surface area contributed by atoms with Crippen molar-refractivity contribution < 1.29 is 9.53 Å². The molecule has 3 rings (SSSR count). The van der Waals surface area contributed by atoms with Crippen LogP contribution in [0, 0.1) is 11.8 Å². The first-order chi connectivity index (χ1) is 11.1. The van der Waals surface area contributed by atoms with Gasteiger partial charge in [-0.2, -0.15) is 0 Å². The summed E-state index contributed by atoms with van der Waals surface area (Å²) in [6.07, 6.45) is 1.81. The van der Waals surface area contributed by atoms with E-state index < -0.39 is 0 Å². The molecule has 0 aliphatic carbocycles. The van der Waals surface area contributed by atoms with Gasteiger partial charge >= 0.3 is 0 Å². The van der Waals surface area contributed by atoms with Crippen LogP contribution in [0.5, 0.6) is 0 Å². The van der Waals surface area contributed by atoms with Gasteiger partial charge in [0.15, 0.2) is 5.13 Å². The van der Waals surface area contributed by atoms with E-state index in [1.165, 1.54) is 0 Å². The second-order valence-electron chi connectivity index (χ2n) is 6.68. The smallest absolute Gasteiger partial charge is 0.236 e. The van der Waals surface area contributed by atoms with Crippen LogP contribution in [0.15, 0.2) is 11.6 Å². The zero-order valence-electron chi connectivity index (χ0n) is 14.7. The third kappa shape index (κ3) is 5.96. The molecule has 2 aliphatic heterocycles. The minimum atomic E-state index is 0. The lowest BCUT2D eigenvalue weighted by atomic mass is 9.91. The van der Waals surface area contributed by atoms with Gasteiger partial charge in [0.25, 0.3) is 0 Å². The number of amides is 1. The number of carbonyl (C=O) groups is 1. The van der Waals surface area contributed by atoms with Crippen molar-refractivity contribution >= 4 is 47.2 Å². The highest BCUT2D eigenvalue weighted by molar-refractivity contribution is 7.13. The largest absolute Gasteiger partial charge is 0.379 e. The molecule has 2 saturated heterocycles. The van der Waals surface area contributed by atoms with Crippen molar-refractivity contribution in [2.24, 2.45) is 11.8 Å². The Kier molecular flexibility index (Phi) is 9.45. The maximum absolute atomic E-state index is 12.6. The molecule has 0 aromatic carbocycles. The van der Waals surface area contributed by atoms with E-state index in [-0.39, 0.29) is 36.8 Å². The number of halogens is 2. The lowest BCUT2D eigenvalue weighted by Crippen LogP contribution is -2.44. The number of ether oxygens (including phenoxy) is 1. The lowest BCUT2D eigenvalue weighted by molar-refractivity contribution is -0.132. The van der Waals surface area contributed by atoms with E-state index in [1.807, 2.05) is 16.5 Å². The molecule has 9 heteroatoms. The summed E-state index contributed by atoms with van der Waals surface area (Å²) in [5, 5.41) is 6.44. The van der Waals surface area contributed by atoms with Crippen LogP contribution in [0.25, 0.3) is 0 Å². The molecule has 0 saturated carbocycles. The van der Waals surface area contributed by atoms with Gasteiger partial charge in [-0.05, 0) is 5.92 Å². The molecule has 0 spiro atoms. The maximum Gasteiger partial charge on any atom is 0.236 e. The van der Waals surface area contributed by atoms with E-state index in [9.17, 15) is 4.79 Å². The van der Waals surface area contributed by atoms with E-state index in [0.29, 0.717) is 18.4 Å². The average Bonchev–Trinajstić information content (AvgIpc) is 3.18. The number of thiazole rings is 1. The molecule has 1 amide bonds. The predicted molar refractivity (Wildman–Crippen MR) is 106 cm³/mol. The van der Waals surface area contributed by atoms with Gasteiger partial charge < -0.3 is 15.0 Å². The van der Waals surface area contributed by atoms with Crippen molar-refractivity contribution in [1.29, 1.82) is 0 Å². The third-order valence-corrected chi connectivity index (χ3v) is 5.48. The monoisotopic (exact) mass is 410 g/mol. The molecule has 1 aromatic rings. The van der Waals surface area contributed by atoms with Gasteiger partial charge in [-0.3, -0.25) is 9.69 Å². The van der Waals surface area contributed by atoms with Crippen LogP contribution >= 0.6 is 36.2 Å². The molecule has 0 radical (unpaired) electrons. The highest BCUT2D eigenvalue weighted by Gasteiger charge is 2.37. The van der Waals surface area contributed by atoms with Crippen LogP contribution in [0.1, 0.15) is 13.8 Å². The summed E-state index contributed by atoms with van der Waals surface area (Å²) in [7, 11) is 0. The van der Waals surface area contributed by atoms with E-state index in [2.05, 4.69) is 29.0 Å². The first-order valence-electron chi connectivity index (χ1n) is 8.37. The SMILES string of the molecule is CC(C)[C@H]1CN(C(=O)CN2CCOCC2)C[C@@H]1Nc1nccs1.Cl.Cl. The number of likely N-dealkylation sites (tertiary alicyclic amines) is 1. The Morgan fingerprint density at radius 2 is 2.08 bits per heavy atom. The Morgan fingerprint density at radius 1 is 1.36 bits per heavy atom. The summed E-state index contributed by atoms with van der Waals surface area (Å²) in [5.41, 5.74) is 0. The second kappa shape index (κ2) is 10.5. The molecule has 1 aromatic heterocycles. The summed E-state index contributed by atoms with van der Waals surface area (Å²) in [6, 6.07) is 0.287. The van der Waals surface area contributed by atoms with Crippen molar-refractivity contribution in [3.8, 4) is 0 Å². The number of anilines is 1. The number of aromatic nitrogens is 1. The summed E-state index contributed by atoms with van der Waals surface area (Å²) in [6.45, 7) is 9.76. The Balaban J connectivity index is 0.00000156. The third-order valence-electron chi connectivity index (χ3n) is 4.78. The summed E-state index contributed by atoms with van der Waals surface area (Å²) in [5.74, 6) is 1.24. The zero-order valence-corrected chi connectivity index (χ0v) is 17.2. The molecule has 0 unspecified atom stereocenters. The Hall–Kier alpha value is -0.600. The number of carbonyl (C=O) groups excluding carboxylic acids is 1. The van der Waals surface area contributed by atoms with Crippen molar-refractivity contribution in [3.05, 3.63) is 11.6 Å². The number of nitrogens with one attached hydrogen (secondary N) is 1. The molecule has 2 atom stereocenters. The molecule has 3 heterocycles. The second-order valence-corrected chi connectivity index (χ2v) is 7.58. The van der Waals surface area contributed by atoms with Gasteiger partial charge in [-0.25, -0.2) is 4.98 Å². The van der Waals surface area contributed by atoms with Gasteiger partial charge in [0, 0.05) is 43.7 Å². The summed E-state index contributed by atoms with van der Waals surface area (Å²) in [4.78, 5) is 21.2. The normalized spacial score (nSPS) is 23.9. The van der Waals surface area contributed by atoms with E-state index in [1.54, 1.807) is 11.3 Å². The predicted octanol–water partition coefficient (Wildman–Crippen LogP) is 2.21.